The summed E-state index contributed by atoms with van der Waals surface area (Å²) in [6.07, 6.45) is -0.629. The van der Waals surface area contributed by atoms with E-state index in [9.17, 15) is 5.11 Å². The number of aliphatic hydroxyl groups is 1. The lowest BCUT2D eigenvalue weighted by Gasteiger charge is -2.15. The number of methoxy groups -OCH3 is 2. The summed E-state index contributed by atoms with van der Waals surface area (Å²) >= 11 is 0. The second-order valence-corrected chi connectivity index (χ2v) is 5.93. The molecule has 2 rings (SSSR count). The minimum Gasteiger partial charge on any atom is -0.493 e. The van der Waals surface area contributed by atoms with Gasteiger partial charge in [0.1, 0.15) is 19.3 Å². The van der Waals surface area contributed by atoms with Gasteiger partial charge in [0.05, 0.1) is 14.2 Å². The third-order valence-corrected chi connectivity index (χ3v) is 3.67. The van der Waals surface area contributed by atoms with Crippen molar-refractivity contribution in [3.8, 4) is 23.0 Å². The molecular formula is C21H27NO9. The zero-order chi connectivity index (χ0) is 23.1. The van der Waals surface area contributed by atoms with E-state index in [1.54, 1.807) is 20.3 Å². The summed E-state index contributed by atoms with van der Waals surface area (Å²) in [5.41, 5.74) is 0. The third kappa shape index (κ3) is 10.2. The van der Waals surface area contributed by atoms with Gasteiger partial charge in [-0.3, -0.25) is 0 Å². The Balaban J connectivity index is 0.000000703. The van der Waals surface area contributed by atoms with E-state index in [2.05, 4.69) is 5.32 Å². The van der Waals surface area contributed by atoms with Crippen molar-refractivity contribution in [2.24, 2.45) is 0 Å². The van der Waals surface area contributed by atoms with Gasteiger partial charge in [0.25, 0.3) is 0 Å². The molecule has 0 fully saturated rings. The molecule has 0 aliphatic carbocycles. The Labute approximate surface area is 179 Å². The zero-order valence-corrected chi connectivity index (χ0v) is 17.3. The van der Waals surface area contributed by atoms with Crippen molar-refractivity contribution < 1.29 is 43.9 Å². The van der Waals surface area contributed by atoms with Gasteiger partial charge in [-0.15, -0.1) is 0 Å². The quantitative estimate of drug-likeness (QED) is 0.300. The van der Waals surface area contributed by atoms with Crippen molar-refractivity contribution in [3.05, 3.63) is 48.5 Å². The molecule has 0 aliphatic heterocycles. The van der Waals surface area contributed by atoms with Crippen LogP contribution in [0, 0.1) is 0 Å². The van der Waals surface area contributed by atoms with Crippen LogP contribution < -0.4 is 24.3 Å². The predicted octanol–water partition coefficient (Wildman–Crippen LogP) is 1.27. The standard InChI is InChI=1S/C19H25NO5.C2H2O4/c1-22-16-7-3-5-9-18(16)24-12-11-20-13-15(21)14-25-19-10-6-4-8-17(19)23-2;3-1(4)2(5)6/h3-10,15,20-21H,11-14H2,1-2H3;(H,3,4)(H,5,6). The number of carboxylic acids is 2. The number of nitrogens with one attached hydrogen (secondary N) is 1. The third-order valence-electron chi connectivity index (χ3n) is 3.67. The van der Waals surface area contributed by atoms with Gasteiger partial charge in [-0.05, 0) is 24.3 Å². The molecule has 1 unspecified atom stereocenters. The maximum absolute atomic E-state index is 9.98. The molecule has 2 aromatic carbocycles. The molecule has 0 aliphatic rings. The van der Waals surface area contributed by atoms with E-state index in [1.807, 2.05) is 42.5 Å². The number of aliphatic carboxylic acids is 2. The Morgan fingerprint density at radius 3 is 1.74 bits per heavy atom. The molecule has 0 amide bonds. The van der Waals surface area contributed by atoms with Gasteiger partial charge < -0.3 is 39.6 Å². The van der Waals surface area contributed by atoms with Crippen molar-refractivity contribution in [3.63, 3.8) is 0 Å². The highest BCUT2D eigenvalue weighted by molar-refractivity contribution is 6.27. The lowest BCUT2D eigenvalue weighted by atomic mass is 10.3. The first-order valence-corrected chi connectivity index (χ1v) is 9.25. The first-order valence-electron chi connectivity index (χ1n) is 9.25. The van der Waals surface area contributed by atoms with Gasteiger partial charge >= 0.3 is 11.9 Å². The molecule has 31 heavy (non-hydrogen) atoms. The first kappa shape index (κ1) is 25.5. The second-order valence-electron chi connectivity index (χ2n) is 5.93. The van der Waals surface area contributed by atoms with E-state index in [4.69, 9.17) is 38.7 Å². The maximum atomic E-state index is 9.98. The van der Waals surface area contributed by atoms with Crippen molar-refractivity contribution in [1.82, 2.24) is 5.32 Å². The van der Waals surface area contributed by atoms with Crippen LogP contribution in [0.3, 0.4) is 0 Å². The van der Waals surface area contributed by atoms with Crippen molar-refractivity contribution in [2.75, 3.05) is 40.5 Å². The number of para-hydroxylation sites is 4. The minimum atomic E-state index is -1.82. The van der Waals surface area contributed by atoms with Gasteiger partial charge in [0.2, 0.25) is 0 Å². The number of hydrogen-bond acceptors (Lipinski definition) is 8. The summed E-state index contributed by atoms with van der Waals surface area (Å²) < 4.78 is 21.7. The van der Waals surface area contributed by atoms with Gasteiger partial charge in [-0.1, -0.05) is 24.3 Å². The molecule has 0 saturated heterocycles. The van der Waals surface area contributed by atoms with Gasteiger partial charge in [0, 0.05) is 13.1 Å². The number of aliphatic hydroxyl groups excluding tert-OH is 1. The van der Waals surface area contributed by atoms with E-state index in [0.29, 0.717) is 42.7 Å². The smallest absolute Gasteiger partial charge is 0.414 e. The largest absolute Gasteiger partial charge is 0.493 e. The van der Waals surface area contributed by atoms with E-state index in [0.717, 1.165) is 0 Å². The lowest BCUT2D eigenvalue weighted by Crippen LogP contribution is -2.33. The highest BCUT2D eigenvalue weighted by Crippen LogP contribution is 2.26. The summed E-state index contributed by atoms with van der Waals surface area (Å²) in [7, 11) is 3.19. The highest BCUT2D eigenvalue weighted by Gasteiger charge is 2.08. The highest BCUT2D eigenvalue weighted by atomic mass is 16.5. The van der Waals surface area contributed by atoms with E-state index >= 15 is 0 Å². The Morgan fingerprint density at radius 2 is 1.29 bits per heavy atom. The van der Waals surface area contributed by atoms with Crippen LogP contribution in [0.15, 0.2) is 48.5 Å². The summed E-state index contributed by atoms with van der Waals surface area (Å²) in [4.78, 5) is 18.2. The number of hydrogen-bond donors (Lipinski definition) is 4. The molecule has 1 atom stereocenters. The molecule has 0 aromatic heterocycles. The Hall–Kier alpha value is -3.50. The fraction of sp³-hybridized carbons (Fsp3) is 0.333. The normalized spacial score (nSPS) is 10.8. The van der Waals surface area contributed by atoms with Crippen LogP contribution in [0.5, 0.6) is 23.0 Å². The van der Waals surface area contributed by atoms with Crippen LogP contribution in [0.25, 0.3) is 0 Å². The number of ether oxygens (including phenoxy) is 4. The molecule has 0 heterocycles. The fourth-order valence-electron chi connectivity index (χ4n) is 2.22. The molecule has 4 N–H and O–H groups in total. The Bertz CT molecular complexity index is 801. The zero-order valence-electron chi connectivity index (χ0n) is 17.3. The van der Waals surface area contributed by atoms with Gasteiger partial charge in [-0.25, -0.2) is 9.59 Å². The second kappa shape index (κ2) is 14.5. The van der Waals surface area contributed by atoms with E-state index in [1.165, 1.54) is 0 Å². The monoisotopic (exact) mass is 437 g/mol. The Kier molecular flexibility index (Phi) is 11.9. The van der Waals surface area contributed by atoms with Crippen LogP contribution in [0.1, 0.15) is 0 Å². The molecule has 0 bridgehead atoms. The lowest BCUT2D eigenvalue weighted by molar-refractivity contribution is -0.159. The van der Waals surface area contributed by atoms with Crippen molar-refractivity contribution in [1.29, 1.82) is 0 Å². The van der Waals surface area contributed by atoms with Crippen LogP contribution in [-0.4, -0.2) is 73.9 Å². The van der Waals surface area contributed by atoms with Gasteiger partial charge in [0.15, 0.2) is 23.0 Å². The summed E-state index contributed by atoms with van der Waals surface area (Å²) in [6, 6.07) is 14.8. The maximum Gasteiger partial charge on any atom is 0.414 e. The number of carbonyl (C=O) groups is 2. The molecule has 170 valence electrons. The Morgan fingerprint density at radius 1 is 0.839 bits per heavy atom. The van der Waals surface area contributed by atoms with Crippen LogP contribution >= 0.6 is 0 Å². The molecule has 10 heteroatoms. The molecule has 0 saturated carbocycles. The minimum absolute atomic E-state index is 0.181. The van der Waals surface area contributed by atoms with Crippen molar-refractivity contribution >= 4 is 11.9 Å². The molecular weight excluding hydrogens is 410 g/mol. The van der Waals surface area contributed by atoms with Crippen molar-refractivity contribution in [2.45, 2.75) is 6.10 Å². The average molecular weight is 437 g/mol. The summed E-state index contributed by atoms with van der Waals surface area (Å²) in [6.45, 7) is 1.66. The summed E-state index contributed by atoms with van der Waals surface area (Å²) in [5, 5.41) is 27.9. The van der Waals surface area contributed by atoms with Gasteiger partial charge in [-0.2, -0.15) is 0 Å². The first-order chi connectivity index (χ1) is 14.9. The number of rotatable bonds is 11. The van der Waals surface area contributed by atoms with E-state index < -0.39 is 18.0 Å². The molecule has 0 radical (unpaired) electrons. The van der Waals surface area contributed by atoms with Crippen LogP contribution in [0.4, 0.5) is 0 Å². The van der Waals surface area contributed by atoms with Crippen LogP contribution in [-0.2, 0) is 9.59 Å². The molecule has 2 aromatic rings. The number of benzene rings is 2. The van der Waals surface area contributed by atoms with E-state index in [-0.39, 0.29) is 6.61 Å². The number of carboxylic acid groups (broad SMARTS) is 2. The van der Waals surface area contributed by atoms with Crippen LogP contribution in [0.2, 0.25) is 0 Å². The SMILES string of the molecule is COc1ccccc1OCCNCC(O)COc1ccccc1OC.O=C(O)C(=O)O. The molecule has 10 nitrogen and oxygen atoms in total. The molecule has 0 spiro atoms. The average Bonchev–Trinajstić information content (AvgIpc) is 2.78. The predicted molar refractivity (Wildman–Crippen MR) is 111 cm³/mol. The fourth-order valence-corrected chi connectivity index (χ4v) is 2.22. The topological polar surface area (TPSA) is 144 Å². The summed E-state index contributed by atoms with van der Waals surface area (Å²) in [5.74, 6) is -0.985.